The number of nitrogens with one attached hydrogen (secondary N) is 1. The maximum absolute atomic E-state index is 10.5. The average molecular weight is 168 g/mol. The van der Waals surface area contributed by atoms with Gasteiger partial charge in [0.2, 0.25) is 5.91 Å². The smallest absolute Gasteiger partial charge is 0.231 e. The number of rotatable bonds is 5. The van der Waals surface area contributed by atoms with Gasteiger partial charge in [0.15, 0.2) is 0 Å². The van der Waals surface area contributed by atoms with E-state index in [9.17, 15) is 4.79 Å². The molecule has 3 N–H and O–H groups in total. The first-order valence-corrected chi connectivity index (χ1v) is 4.72. The van der Waals surface area contributed by atoms with E-state index >= 15 is 0 Å². The summed E-state index contributed by atoms with van der Waals surface area (Å²) in [4.78, 5) is 10.5. The normalized spacial score (nSPS) is 25.3. The van der Waals surface area contributed by atoms with Crippen LogP contribution >= 0.6 is 0 Å². The quantitative estimate of drug-likeness (QED) is 0.618. The fourth-order valence-electron chi connectivity index (χ4n) is 2.02. The summed E-state index contributed by atoms with van der Waals surface area (Å²) < 4.78 is 0. The van der Waals surface area contributed by atoms with Gasteiger partial charge in [-0.05, 0) is 37.0 Å². The van der Waals surface area contributed by atoms with Gasteiger partial charge in [0.05, 0.1) is 6.54 Å². The summed E-state index contributed by atoms with van der Waals surface area (Å²) >= 11 is 0. The molecule has 3 nitrogen and oxygen atoms in total. The van der Waals surface area contributed by atoms with Crippen LogP contribution in [0, 0.1) is 11.3 Å². The van der Waals surface area contributed by atoms with Crippen LogP contribution in [0.3, 0.4) is 0 Å². The number of hydrogen-bond acceptors (Lipinski definition) is 2. The molecule has 0 saturated heterocycles. The number of primary amides is 1. The molecule has 0 heterocycles. The van der Waals surface area contributed by atoms with Crippen molar-refractivity contribution in [2.75, 3.05) is 13.1 Å². The molecule has 0 unspecified atom stereocenters. The molecular weight excluding hydrogens is 152 g/mol. The maximum Gasteiger partial charge on any atom is 0.231 e. The Hall–Kier alpha value is -0.570. The molecule has 2 rings (SSSR count). The zero-order chi connectivity index (χ0) is 8.60. The van der Waals surface area contributed by atoms with E-state index in [1.54, 1.807) is 0 Å². The fourth-order valence-corrected chi connectivity index (χ4v) is 2.02. The zero-order valence-corrected chi connectivity index (χ0v) is 7.31. The molecule has 1 amide bonds. The zero-order valence-electron chi connectivity index (χ0n) is 7.31. The van der Waals surface area contributed by atoms with Crippen LogP contribution < -0.4 is 11.1 Å². The number of carbonyl (C=O) groups excluding carboxylic acids is 1. The first kappa shape index (κ1) is 8.05. The van der Waals surface area contributed by atoms with Crippen LogP contribution in [-0.4, -0.2) is 19.0 Å². The summed E-state index contributed by atoms with van der Waals surface area (Å²) in [6.07, 6.45) is 5.50. The predicted octanol–water partition coefficient (Wildman–Crippen LogP) is 0.251. The third-order valence-electron chi connectivity index (χ3n) is 3.11. The van der Waals surface area contributed by atoms with E-state index in [0.717, 1.165) is 12.5 Å². The first-order valence-electron chi connectivity index (χ1n) is 4.72. The molecule has 0 bridgehead atoms. The Kier molecular flexibility index (Phi) is 1.83. The van der Waals surface area contributed by atoms with E-state index in [4.69, 9.17) is 5.73 Å². The fraction of sp³-hybridized carbons (Fsp3) is 0.889. The molecule has 2 aliphatic carbocycles. The van der Waals surface area contributed by atoms with Gasteiger partial charge in [-0.15, -0.1) is 0 Å². The van der Waals surface area contributed by atoms with Gasteiger partial charge in [-0.2, -0.15) is 0 Å². The third-order valence-corrected chi connectivity index (χ3v) is 3.11. The van der Waals surface area contributed by atoms with Gasteiger partial charge in [-0.3, -0.25) is 4.79 Å². The average Bonchev–Trinajstić information content (AvgIpc) is 2.82. The molecule has 0 aromatic carbocycles. The molecule has 3 heteroatoms. The van der Waals surface area contributed by atoms with E-state index in [2.05, 4.69) is 5.32 Å². The number of nitrogens with two attached hydrogens (primary N) is 1. The monoisotopic (exact) mass is 168 g/mol. The van der Waals surface area contributed by atoms with Crippen LogP contribution in [-0.2, 0) is 4.79 Å². The minimum atomic E-state index is -0.249. The Morgan fingerprint density at radius 2 is 2.17 bits per heavy atom. The highest BCUT2D eigenvalue weighted by Crippen LogP contribution is 2.60. The molecule has 2 saturated carbocycles. The lowest BCUT2D eigenvalue weighted by Gasteiger charge is -2.13. The minimum absolute atomic E-state index is 0.249. The van der Waals surface area contributed by atoms with Crippen LogP contribution in [0.25, 0.3) is 0 Å². The van der Waals surface area contributed by atoms with Crippen molar-refractivity contribution in [3.05, 3.63) is 0 Å². The lowest BCUT2D eigenvalue weighted by molar-refractivity contribution is -0.117. The Morgan fingerprint density at radius 1 is 1.50 bits per heavy atom. The van der Waals surface area contributed by atoms with Gasteiger partial charge in [-0.1, -0.05) is 0 Å². The number of amides is 1. The molecular formula is C9H16N2O. The summed E-state index contributed by atoms with van der Waals surface area (Å²) in [7, 11) is 0. The molecule has 0 aromatic heterocycles. The second kappa shape index (κ2) is 2.73. The number of hydrogen-bond donors (Lipinski definition) is 2. The molecule has 2 aliphatic rings. The van der Waals surface area contributed by atoms with Crippen molar-refractivity contribution in [2.24, 2.45) is 17.1 Å². The molecule has 2 fully saturated rings. The van der Waals surface area contributed by atoms with E-state index in [1.807, 2.05) is 0 Å². The van der Waals surface area contributed by atoms with Gasteiger partial charge < -0.3 is 11.1 Å². The van der Waals surface area contributed by atoms with Crippen molar-refractivity contribution in [1.82, 2.24) is 5.32 Å². The van der Waals surface area contributed by atoms with Crippen LogP contribution in [0.4, 0.5) is 0 Å². The predicted molar refractivity (Wildman–Crippen MR) is 46.5 cm³/mol. The molecule has 0 radical (unpaired) electrons. The van der Waals surface area contributed by atoms with Crippen molar-refractivity contribution >= 4 is 5.91 Å². The summed E-state index contributed by atoms with van der Waals surface area (Å²) in [6.45, 7) is 1.34. The van der Waals surface area contributed by atoms with Gasteiger partial charge in [0.25, 0.3) is 0 Å². The summed E-state index contributed by atoms with van der Waals surface area (Å²) in [5.74, 6) is 0.708. The highest BCUT2D eigenvalue weighted by atomic mass is 16.1. The highest BCUT2D eigenvalue weighted by Gasteiger charge is 2.53. The topological polar surface area (TPSA) is 55.1 Å². The van der Waals surface area contributed by atoms with E-state index < -0.39 is 0 Å². The Bertz CT molecular complexity index is 195. The van der Waals surface area contributed by atoms with Gasteiger partial charge in [0, 0.05) is 6.54 Å². The second-order valence-electron chi connectivity index (χ2n) is 4.21. The number of carbonyl (C=O) groups is 1. The largest absolute Gasteiger partial charge is 0.369 e. The molecule has 0 aromatic rings. The third kappa shape index (κ3) is 1.61. The SMILES string of the molecule is NC(=O)CNCC1(C2CC2)CC1. The molecule has 12 heavy (non-hydrogen) atoms. The maximum atomic E-state index is 10.5. The molecule has 0 aliphatic heterocycles. The van der Waals surface area contributed by atoms with Crippen molar-refractivity contribution < 1.29 is 4.79 Å². The first-order chi connectivity index (χ1) is 5.73. The Labute approximate surface area is 72.7 Å². The Balaban J connectivity index is 1.68. The van der Waals surface area contributed by atoms with Gasteiger partial charge >= 0.3 is 0 Å². The van der Waals surface area contributed by atoms with Gasteiger partial charge in [-0.25, -0.2) is 0 Å². The van der Waals surface area contributed by atoms with Crippen molar-refractivity contribution in [1.29, 1.82) is 0 Å². The van der Waals surface area contributed by atoms with E-state index in [0.29, 0.717) is 12.0 Å². The van der Waals surface area contributed by atoms with Gasteiger partial charge in [0.1, 0.15) is 0 Å². The molecule has 68 valence electrons. The van der Waals surface area contributed by atoms with E-state index in [-0.39, 0.29) is 5.91 Å². The standard InChI is InChI=1S/C9H16N2O/c10-8(12)5-11-6-9(3-4-9)7-1-2-7/h7,11H,1-6H2,(H2,10,12). The summed E-state index contributed by atoms with van der Waals surface area (Å²) in [6, 6.07) is 0. The van der Waals surface area contributed by atoms with Crippen LogP contribution in [0.5, 0.6) is 0 Å². The van der Waals surface area contributed by atoms with Crippen molar-refractivity contribution in [2.45, 2.75) is 25.7 Å². The Morgan fingerprint density at radius 3 is 2.58 bits per heavy atom. The molecule has 0 atom stereocenters. The summed E-state index contributed by atoms with van der Waals surface area (Å²) in [5, 5.41) is 3.13. The lowest BCUT2D eigenvalue weighted by Crippen LogP contribution is -2.33. The molecule has 0 spiro atoms. The minimum Gasteiger partial charge on any atom is -0.369 e. The van der Waals surface area contributed by atoms with Crippen molar-refractivity contribution in [3.63, 3.8) is 0 Å². The second-order valence-corrected chi connectivity index (χ2v) is 4.21. The van der Waals surface area contributed by atoms with Crippen LogP contribution in [0.15, 0.2) is 0 Å². The highest BCUT2D eigenvalue weighted by molar-refractivity contribution is 5.75. The lowest BCUT2D eigenvalue weighted by atomic mass is 10.0. The van der Waals surface area contributed by atoms with E-state index in [1.165, 1.54) is 25.7 Å². The van der Waals surface area contributed by atoms with Crippen molar-refractivity contribution in [3.8, 4) is 0 Å². The summed E-state index contributed by atoms with van der Waals surface area (Å²) in [5.41, 5.74) is 5.61. The van der Waals surface area contributed by atoms with Crippen LogP contribution in [0.2, 0.25) is 0 Å². The van der Waals surface area contributed by atoms with Crippen LogP contribution in [0.1, 0.15) is 25.7 Å².